The zero-order valence-electron chi connectivity index (χ0n) is 11.3. The molecule has 0 aliphatic heterocycles. The van der Waals surface area contributed by atoms with Crippen molar-refractivity contribution >= 4 is 5.78 Å². The summed E-state index contributed by atoms with van der Waals surface area (Å²) in [4.78, 5) is 12.1. The fourth-order valence-electron chi connectivity index (χ4n) is 1.83. The quantitative estimate of drug-likeness (QED) is 0.797. The van der Waals surface area contributed by atoms with Gasteiger partial charge in [0.05, 0.1) is 19.2 Å². The Kier molecular flexibility index (Phi) is 4.70. The van der Waals surface area contributed by atoms with Crippen molar-refractivity contribution < 1.29 is 9.53 Å². The topological polar surface area (TPSA) is 38.3 Å². The first kappa shape index (κ1) is 13.7. The van der Waals surface area contributed by atoms with Crippen LogP contribution in [0.2, 0.25) is 0 Å². The number of carbonyl (C=O) groups excluding carboxylic acids is 1. The van der Waals surface area contributed by atoms with Crippen LogP contribution in [0.25, 0.3) is 0 Å². The molecule has 0 atom stereocenters. The molecule has 94 valence electrons. The highest BCUT2D eigenvalue weighted by molar-refractivity contribution is 6.01. The first-order valence-electron chi connectivity index (χ1n) is 5.87. The highest BCUT2D eigenvalue weighted by Crippen LogP contribution is 2.24. The number of rotatable bonds is 5. The van der Waals surface area contributed by atoms with Gasteiger partial charge in [-0.25, -0.2) is 0 Å². The number of hydrogen-bond donors (Lipinski definition) is 1. The highest BCUT2D eigenvalue weighted by Gasteiger charge is 2.15. The molecule has 1 aromatic carbocycles. The number of ether oxygens (including phenoxy) is 1. The van der Waals surface area contributed by atoms with Crippen LogP contribution in [0.3, 0.4) is 0 Å². The molecule has 3 heteroatoms. The smallest absolute Gasteiger partial charge is 0.180 e. The molecule has 1 aromatic rings. The molecule has 0 unspecified atom stereocenters. The minimum absolute atomic E-state index is 0.0769. The van der Waals surface area contributed by atoms with Crippen LogP contribution in [0.15, 0.2) is 12.1 Å². The lowest BCUT2D eigenvalue weighted by Gasteiger charge is -2.13. The van der Waals surface area contributed by atoms with Gasteiger partial charge in [-0.3, -0.25) is 4.79 Å². The summed E-state index contributed by atoms with van der Waals surface area (Å²) in [6.07, 6.45) is 0. The molecule has 0 amide bonds. The normalized spacial score (nSPS) is 10.7. The van der Waals surface area contributed by atoms with E-state index >= 15 is 0 Å². The average Bonchev–Trinajstić information content (AvgIpc) is 2.24. The summed E-state index contributed by atoms with van der Waals surface area (Å²) >= 11 is 0. The number of methoxy groups -OCH3 is 1. The maximum Gasteiger partial charge on any atom is 0.180 e. The molecule has 1 N–H and O–H groups in total. The van der Waals surface area contributed by atoms with Crippen LogP contribution in [0.5, 0.6) is 5.75 Å². The van der Waals surface area contributed by atoms with E-state index in [1.54, 1.807) is 7.11 Å². The minimum atomic E-state index is 0.0769. The van der Waals surface area contributed by atoms with E-state index in [0.717, 1.165) is 11.1 Å². The number of benzene rings is 1. The van der Waals surface area contributed by atoms with Crippen LogP contribution in [-0.2, 0) is 0 Å². The Labute approximate surface area is 103 Å². The molecule has 0 radical (unpaired) electrons. The van der Waals surface area contributed by atoms with E-state index in [4.69, 9.17) is 4.74 Å². The van der Waals surface area contributed by atoms with Gasteiger partial charge < -0.3 is 10.1 Å². The molecule has 0 aromatic heterocycles. The first-order chi connectivity index (χ1) is 7.95. The Morgan fingerprint density at radius 1 is 1.35 bits per heavy atom. The van der Waals surface area contributed by atoms with Crippen molar-refractivity contribution in [2.45, 2.75) is 33.7 Å². The van der Waals surface area contributed by atoms with Crippen LogP contribution in [0.1, 0.15) is 35.3 Å². The molecule has 0 aliphatic rings. The second-order valence-electron chi connectivity index (χ2n) is 4.62. The van der Waals surface area contributed by atoms with Crippen molar-refractivity contribution in [2.75, 3.05) is 13.7 Å². The molecule has 0 bridgehead atoms. The Morgan fingerprint density at radius 3 is 2.53 bits per heavy atom. The van der Waals surface area contributed by atoms with Crippen molar-refractivity contribution in [2.24, 2.45) is 0 Å². The van der Waals surface area contributed by atoms with Crippen molar-refractivity contribution in [3.63, 3.8) is 0 Å². The van der Waals surface area contributed by atoms with Crippen LogP contribution < -0.4 is 10.1 Å². The largest absolute Gasteiger partial charge is 0.496 e. The molecule has 0 saturated heterocycles. The van der Waals surface area contributed by atoms with E-state index in [2.05, 4.69) is 5.32 Å². The first-order valence-corrected chi connectivity index (χ1v) is 5.87. The predicted molar refractivity (Wildman–Crippen MR) is 69.9 cm³/mol. The van der Waals surface area contributed by atoms with Gasteiger partial charge in [-0.15, -0.1) is 0 Å². The van der Waals surface area contributed by atoms with Crippen molar-refractivity contribution in [1.29, 1.82) is 0 Å². The van der Waals surface area contributed by atoms with E-state index in [1.807, 2.05) is 39.8 Å². The maximum absolute atomic E-state index is 12.1. The Hall–Kier alpha value is -1.35. The van der Waals surface area contributed by atoms with Gasteiger partial charge in [-0.05, 0) is 31.0 Å². The Morgan fingerprint density at radius 2 is 2.00 bits per heavy atom. The molecule has 3 nitrogen and oxygen atoms in total. The predicted octanol–water partition coefficient (Wildman–Crippen LogP) is 2.49. The number of nitrogens with one attached hydrogen (secondary N) is 1. The Balaban J connectivity index is 2.99. The standard InChI is InChI=1S/C14H21NO2/c1-9(2)15-8-12(16)14-11(4)6-10(3)7-13(14)17-5/h6-7,9,15H,8H2,1-5H3. The van der Waals surface area contributed by atoms with Crippen LogP contribution in [0, 0.1) is 13.8 Å². The second-order valence-corrected chi connectivity index (χ2v) is 4.62. The summed E-state index contributed by atoms with van der Waals surface area (Å²) in [7, 11) is 1.60. The number of Topliss-reactive ketones (excluding diaryl/α,β-unsaturated/α-hetero) is 1. The molecular formula is C14H21NO2. The van der Waals surface area contributed by atoms with E-state index in [9.17, 15) is 4.79 Å². The van der Waals surface area contributed by atoms with Gasteiger partial charge in [0.25, 0.3) is 0 Å². The minimum Gasteiger partial charge on any atom is -0.496 e. The summed E-state index contributed by atoms with van der Waals surface area (Å²) in [6, 6.07) is 4.21. The third-order valence-electron chi connectivity index (χ3n) is 2.61. The summed E-state index contributed by atoms with van der Waals surface area (Å²) in [6.45, 7) is 8.32. The molecule has 0 saturated carbocycles. The van der Waals surface area contributed by atoms with E-state index in [-0.39, 0.29) is 5.78 Å². The summed E-state index contributed by atoms with van der Waals surface area (Å²) < 4.78 is 5.29. The van der Waals surface area contributed by atoms with Gasteiger partial charge in [0, 0.05) is 6.04 Å². The number of carbonyl (C=O) groups is 1. The second kappa shape index (κ2) is 5.82. The lowest BCUT2D eigenvalue weighted by molar-refractivity contribution is 0.0985. The van der Waals surface area contributed by atoms with Gasteiger partial charge in [0.2, 0.25) is 0 Å². The molecular weight excluding hydrogens is 214 g/mol. The van der Waals surface area contributed by atoms with Gasteiger partial charge in [0.1, 0.15) is 5.75 Å². The summed E-state index contributed by atoms with van der Waals surface area (Å²) in [5, 5.41) is 3.13. The number of aryl methyl sites for hydroxylation is 2. The fourth-order valence-corrected chi connectivity index (χ4v) is 1.83. The third kappa shape index (κ3) is 3.56. The SMILES string of the molecule is COc1cc(C)cc(C)c1C(=O)CNC(C)C. The average molecular weight is 235 g/mol. The van der Waals surface area contributed by atoms with Crippen LogP contribution >= 0.6 is 0 Å². The summed E-state index contributed by atoms with van der Waals surface area (Å²) in [5.41, 5.74) is 2.76. The Bertz CT molecular complexity index is 411. The molecule has 0 aliphatic carbocycles. The van der Waals surface area contributed by atoms with Gasteiger partial charge in [-0.2, -0.15) is 0 Å². The van der Waals surface area contributed by atoms with E-state index in [0.29, 0.717) is 23.9 Å². The van der Waals surface area contributed by atoms with Crippen LogP contribution in [0.4, 0.5) is 0 Å². The van der Waals surface area contributed by atoms with E-state index < -0.39 is 0 Å². The van der Waals surface area contributed by atoms with Crippen molar-refractivity contribution in [3.05, 3.63) is 28.8 Å². The third-order valence-corrected chi connectivity index (χ3v) is 2.61. The maximum atomic E-state index is 12.1. The van der Waals surface area contributed by atoms with Crippen LogP contribution in [-0.4, -0.2) is 25.5 Å². The van der Waals surface area contributed by atoms with Crippen molar-refractivity contribution in [3.8, 4) is 5.75 Å². The lowest BCUT2D eigenvalue weighted by Crippen LogP contribution is -2.29. The van der Waals surface area contributed by atoms with Gasteiger partial charge in [0.15, 0.2) is 5.78 Å². The zero-order valence-corrected chi connectivity index (χ0v) is 11.3. The zero-order chi connectivity index (χ0) is 13.0. The van der Waals surface area contributed by atoms with Gasteiger partial charge in [-0.1, -0.05) is 19.9 Å². The molecule has 17 heavy (non-hydrogen) atoms. The molecule has 0 spiro atoms. The van der Waals surface area contributed by atoms with Gasteiger partial charge >= 0.3 is 0 Å². The molecule has 1 rings (SSSR count). The van der Waals surface area contributed by atoms with E-state index in [1.165, 1.54) is 0 Å². The number of ketones is 1. The molecule has 0 heterocycles. The molecule has 0 fully saturated rings. The number of hydrogen-bond acceptors (Lipinski definition) is 3. The fraction of sp³-hybridized carbons (Fsp3) is 0.500. The summed E-state index contributed by atoms with van der Waals surface area (Å²) in [5.74, 6) is 0.742. The monoisotopic (exact) mass is 235 g/mol. The lowest BCUT2D eigenvalue weighted by atomic mass is 10.0. The highest BCUT2D eigenvalue weighted by atomic mass is 16.5. The van der Waals surface area contributed by atoms with Crippen molar-refractivity contribution in [1.82, 2.24) is 5.32 Å².